The number of allylic oxidation sites excluding steroid dienone is 4. The molecule has 0 aromatic carbocycles. The van der Waals surface area contributed by atoms with Crippen LogP contribution in [0, 0.1) is 0 Å². The van der Waals surface area contributed by atoms with Crippen LogP contribution in [-0.4, -0.2) is 0 Å². The van der Waals surface area contributed by atoms with Crippen LogP contribution in [0.15, 0.2) is 24.3 Å². The molecule has 0 spiro atoms. The minimum atomic E-state index is 1.25. The lowest BCUT2D eigenvalue weighted by atomic mass is 10.1. The molecule has 0 saturated carbocycles. The number of hydrogen-bond donors (Lipinski definition) is 0. The van der Waals surface area contributed by atoms with Crippen molar-refractivity contribution in [3.8, 4) is 0 Å². The van der Waals surface area contributed by atoms with Gasteiger partial charge in [0.25, 0.3) is 0 Å². The minimum Gasteiger partial charge on any atom is -0.0885 e. The minimum absolute atomic E-state index is 1.25. The zero-order valence-electron chi connectivity index (χ0n) is 11.4. The van der Waals surface area contributed by atoms with E-state index < -0.39 is 0 Å². The molecule has 0 aliphatic carbocycles. The van der Waals surface area contributed by atoms with Gasteiger partial charge >= 0.3 is 0 Å². The van der Waals surface area contributed by atoms with Gasteiger partial charge in [-0.1, -0.05) is 63.8 Å². The Hall–Kier alpha value is -0.520. The van der Waals surface area contributed by atoms with Gasteiger partial charge in [-0.05, 0) is 38.5 Å². The molecule has 0 atom stereocenters. The Balaban J connectivity index is 3.10. The van der Waals surface area contributed by atoms with Crippen LogP contribution in [0.4, 0.5) is 0 Å². The molecule has 0 rings (SSSR count). The highest BCUT2D eigenvalue weighted by Crippen LogP contribution is 2.03. The van der Waals surface area contributed by atoms with Crippen LogP contribution in [0.3, 0.4) is 0 Å². The first-order chi connectivity index (χ1) is 7.91. The van der Waals surface area contributed by atoms with Crippen LogP contribution in [0.2, 0.25) is 0 Å². The monoisotopic (exact) mass is 222 g/mol. The van der Waals surface area contributed by atoms with E-state index in [1.165, 1.54) is 64.2 Å². The van der Waals surface area contributed by atoms with Crippen LogP contribution in [0.25, 0.3) is 0 Å². The summed E-state index contributed by atoms with van der Waals surface area (Å²) in [5.41, 5.74) is 0. The topological polar surface area (TPSA) is 0 Å². The Kier molecular flexibility index (Phi) is 14.0. The summed E-state index contributed by atoms with van der Waals surface area (Å²) in [7, 11) is 0. The standard InChI is InChI=1S/C16H30/c1-3-5-7-9-11-13-15-16-14-12-10-8-6-4-2/h9,11-12,14H,3-8,10,13,15-16H2,1-2H3. The van der Waals surface area contributed by atoms with Gasteiger partial charge in [0.2, 0.25) is 0 Å². The summed E-state index contributed by atoms with van der Waals surface area (Å²) >= 11 is 0. The number of hydrogen-bond acceptors (Lipinski definition) is 0. The first-order valence-corrected chi connectivity index (χ1v) is 7.21. The van der Waals surface area contributed by atoms with Gasteiger partial charge in [-0.25, -0.2) is 0 Å². The molecule has 0 radical (unpaired) electrons. The molecular formula is C16H30. The third-order valence-electron chi connectivity index (χ3n) is 2.77. The smallest absolute Gasteiger partial charge is 0.0348 e. The molecule has 0 aromatic heterocycles. The van der Waals surface area contributed by atoms with E-state index in [4.69, 9.17) is 0 Å². The molecule has 0 N–H and O–H groups in total. The van der Waals surface area contributed by atoms with Gasteiger partial charge in [-0.15, -0.1) is 0 Å². The highest BCUT2D eigenvalue weighted by Gasteiger charge is 1.83. The van der Waals surface area contributed by atoms with Crippen molar-refractivity contribution in [1.29, 1.82) is 0 Å². The molecule has 0 heteroatoms. The molecule has 0 aliphatic heterocycles. The van der Waals surface area contributed by atoms with Gasteiger partial charge in [0.1, 0.15) is 0 Å². The lowest BCUT2D eigenvalue weighted by Crippen LogP contribution is -1.73. The third-order valence-corrected chi connectivity index (χ3v) is 2.77. The predicted molar refractivity (Wildman–Crippen MR) is 75.8 cm³/mol. The second-order valence-electron chi connectivity index (χ2n) is 4.51. The van der Waals surface area contributed by atoms with Crippen molar-refractivity contribution in [2.24, 2.45) is 0 Å². The highest BCUT2D eigenvalue weighted by molar-refractivity contribution is 4.85. The van der Waals surface area contributed by atoms with Crippen molar-refractivity contribution in [2.75, 3.05) is 0 Å². The van der Waals surface area contributed by atoms with Crippen LogP contribution in [0.5, 0.6) is 0 Å². The lowest BCUT2D eigenvalue weighted by Gasteiger charge is -1.93. The third kappa shape index (κ3) is 13.5. The fourth-order valence-electron chi connectivity index (χ4n) is 1.66. The zero-order valence-corrected chi connectivity index (χ0v) is 11.4. The highest BCUT2D eigenvalue weighted by atomic mass is 13.9. The van der Waals surface area contributed by atoms with E-state index in [2.05, 4.69) is 38.2 Å². The Morgan fingerprint density at radius 1 is 0.500 bits per heavy atom. The largest absolute Gasteiger partial charge is 0.0885 e. The van der Waals surface area contributed by atoms with Crippen molar-refractivity contribution in [2.45, 2.75) is 78.1 Å². The molecule has 0 unspecified atom stereocenters. The SMILES string of the molecule is CCCCC=CCCCC=CCCCCC. The van der Waals surface area contributed by atoms with E-state index in [0.29, 0.717) is 0 Å². The fraction of sp³-hybridized carbons (Fsp3) is 0.750. The summed E-state index contributed by atoms with van der Waals surface area (Å²) in [4.78, 5) is 0. The Morgan fingerprint density at radius 3 is 1.44 bits per heavy atom. The van der Waals surface area contributed by atoms with E-state index in [1.54, 1.807) is 0 Å². The van der Waals surface area contributed by atoms with Crippen LogP contribution >= 0.6 is 0 Å². The zero-order chi connectivity index (χ0) is 11.9. The Labute approximate surface area is 103 Å². The maximum atomic E-state index is 2.36. The summed E-state index contributed by atoms with van der Waals surface area (Å²) in [6, 6.07) is 0. The number of rotatable bonds is 11. The molecule has 0 amide bonds. The second kappa shape index (κ2) is 14.5. The summed E-state index contributed by atoms with van der Waals surface area (Å²) in [5.74, 6) is 0. The van der Waals surface area contributed by atoms with Crippen molar-refractivity contribution in [3.63, 3.8) is 0 Å². The van der Waals surface area contributed by atoms with Crippen molar-refractivity contribution < 1.29 is 0 Å². The first-order valence-electron chi connectivity index (χ1n) is 7.21. The molecule has 0 nitrogen and oxygen atoms in total. The fourth-order valence-corrected chi connectivity index (χ4v) is 1.66. The quantitative estimate of drug-likeness (QED) is 0.295. The molecule has 16 heavy (non-hydrogen) atoms. The summed E-state index contributed by atoms with van der Waals surface area (Å²) < 4.78 is 0. The maximum Gasteiger partial charge on any atom is -0.0348 e. The molecule has 0 aliphatic rings. The second-order valence-corrected chi connectivity index (χ2v) is 4.51. The average molecular weight is 222 g/mol. The lowest BCUT2D eigenvalue weighted by molar-refractivity contribution is 0.727. The molecule has 0 heterocycles. The van der Waals surface area contributed by atoms with Crippen molar-refractivity contribution >= 4 is 0 Å². The molecular weight excluding hydrogens is 192 g/mol. The van der Waals surface area contributed by atoms with Crippen LogP contribution in [0.1, 0.15) is 78.1 Å². The molecule has 94 valence electrons. The van der Waals surface area contributed by atoms with Crippen LogP contribution in [-0.2, 0) is 0 Å². The van der Waals surface area contributed by atoms with Gasteiger partial charge in [0, 0.05) is 0 Å². The van der Waals surface area contributed by atoms with E-state index in [1.807, 2.05) is 0 Å². The normalized spacial score (nSPS) is 11.9. The van der Waals surface area contributed by atoms with E-state index in [9.17, 15) is 0 Å². The summed E-state index contributed by atoms with van der Waals surface area (Å²) in [5, 5.41) is 0. The first kappa shape index (κ1) is 15.5. The maximum absolute atomic E-state index is 2.36. The van der Waals surface area contributed by atoms with Gasteiger partial charge in [-0.2, -0.15) is 0 Å². The molecule has 0 saturated heterocycles. The van der Waals surface area contributed by atoms with Gasteiger partial charge in [0.05, 0.1) is 0 Å². The summed E-state index contributed by atoms with van der Waals surface area (Å²) in [6.45, 7) is 4.51. The predicted octanol–water partition coefficient (Wildman–Crippen LogP) is 6.04. The van der Waals surface area contributed by atoms with Crippen LogP contribution < -0.4 is 0 Å². The average Bonchev–Trinajstić information content (AvgIpc) is 2.31. The van der Waals surface area contributed by atoms with E-state index in [-0.39, 0.29) is 0 Å². The molecule has 0 aromatic rings. The van der Waals surface area contributed by atoms with Crippen molar-refractivity contribution in [1.82, 2.24) is 0 Å². The number of unbranched alkanes of at least 4 members (excludes halogenated alkanes) is 7. The van der Waals surface area contributed by atoms with Gasteiger partial charge in [-0.3, -0.25) is 0 Å². The Morgan fingerprint density at radius 2 is 0.938 bits per heavy atom. The van der Waals surface area contributed by atoms with Gasteiger partial charge < -0.3 is 0 Å². The Bertz CT molecular complexity index is 165. The van der Waals surface area contributed by atoms with Gasteiger partial charge in [0.15, 0.2) is 0 Å². The van der Waals surface area contributed by atoms with E-state index in [0.717, 1.165) is 0 Å². The van der Waals surface area contributed by atoms with Crippen molar-refractivity contribution in [3.05, 3.63) is 24.3 Å². The van der Waals surface area contributed by atoms with E-state index >= 15 is 0 Å². The summed E-state index contributed by atoms with van der Waals surface area (Å²) in [6.07, 6.45) is 22.5. The molecule has 0 fully saturated rings. The molecule has 0 bridgehead atoms.